The van der Waals surface area contributed by atoms with Gasteiger partial charge < -0.3 is 15.2 Å². The van der Waals surface area contributed by atoms with E-state index in [4.69, 9.17) is 4.74 Å². The Morgan fingerprint density at radius 2 is 1.59 bits per heavy atom. The fourth-order valence-electron chi connectivity index (χ4n) is 2.80. The van der Waals surface area contributed by atoms with Crippen LogP contribution in [-0.4, -0.2) is 26.5 Å². The predicted octanol–water partition coefficient (Wildman–Crippen LogP) is 4.10. The number of methoxy groups -OCH3 is 1. The van der Waals surface area contributed by atoms with Crippen LogP contribution in [0.4, 0.5) is 5.69 Å². The second-order valence-electron chi connectivity index (χ2n) is 6.63. The number of phenols is 1. The van der Waals surface area contributed by atoms with Crippen LogP contribution in [0.3, 0.4) is 0 Å². The lowest BCUT2D eigenvalue weighted by atomic mass is 10.1. The maximum absolute atomic E-state index is 13.0. The Morgan fingerprint density at radius 1 is 0.966 bits per heavy atom. The highest BCUT2D eigenvalue weighted by molar-refractivity contribution is 7.91. The topological polar surface area (TPSA) is 92.7 Å². The van der Waals surface area contributed by atoms with Crippen molar-refractivity contribution in [3.8, 4) is 11.5 Å². The average molecular weight is 411 g/mol. The molecule has 150 valence electrons. The van der Waals surface area contributed by atoms with Crippen molar-refractivity contribution in [1.82, 2.24) is 0 Å². The van der Waals surface area contributed by atoms with Gasteiger partial charge in [-0.05, 0) is 67.9 Å². The molecular formula is C22H21NO5S. The molecular weight excluding hydrogens is 390 g/mol. The molecule has 0 bridgehead atoms. The van der Waals surface area contributed by atoms with E-state index in [0.29, 0.717) is 22.6 Å². The number of carbonyl (C=O) groups is 1. The summed E-state index contributed by atoms with van der Waals surface area (Å²) in [4.78, 5) is 12.2. The Bertz CT molecular complexity index is 1150. The maximum Gasteiger partial charge on any atom is 0.255 e. The second-order valence-corrected chi connectivity index (χ2v) is 8.55. The zero-order chi connectivity index (χ0) is 21.2. The number of sulfone groups is 1. The van der Waals surface area contributed by atoms with Gasteiger partial charge in [0.1, 0.15) is 16.4 Å². The largest absolute Gasteiger partial charge is 0.507 e. The van der Waals surface area contributed by atoms with Crippen LogP contribution in [0.2, 0.25) is 0 Å². The number of aryl methyl sites for hydroxylation is 2. The number of nitrogens with one attached hydrogen (secondary N) is 1. The quantitative estimate of drug-likeness (QED) is 0.617. The van der Waals surface area contributed by atoms with Crippen LogP contribution >= 0.6 is 0 Å². The number of phenolic OH excluding ortho intramolecular Hbond substituents is 1. The van der Waals surface area contributed by atoms with Crippen molar-refractivity contribution in [1.29, 1.82) is 0 Å². The predicted molar refractivity (Wildman–Crippen MR) is 110 cm³/mol. The molecule has 0 aliphatic rings. The van der Waals surface area contributed by atoms with Crippen LogP contribution in [0.1, 0.15) is 21.5 Å². The van der Waals surface area contributed by atoms with Crippen molar-refractivity contribution in [2.75, 3.05) is 12.4 Å². The normalized spacial score (nSPS) is 11.1. The minimum Gasteiger partial charge on any atom is -0.507 e. The molecule has 3 aromatic rings. The smallest absolute Gasteiger partial charge is 0.255 e. The van der Waals surface area contributed by atoms with Crippen LogP contribution < -0.4 is 10.1 Å². The highest BCUT2D eigenvalue weighted by Crippen LogP contribution is 2.34. The molecule has 29 heavy (non-hydrogen) atoms. The van der Waals surface area contributed by atoms with Gasteiger partial charge in [-0.25, -0.2) is 8.42 Å². The van der Waals surface area contributed by atoms with Crippen LogP contribution in [0.15, 0.2) is 70.5 Å². The summed E-state index contributed by atoms with van der Waals surface area (Å²) in [6, 6.07) is 15.5. The molecule has 0 spiro atoms. The SMILES string of the molecule is COc1ccc(S(=O)(=O)c2cc(NC(=O)c3ccc(C)cc3)c(C)cc2O)cc1. The fraction of sp³-hybridized carbons (Fsp3) is 0.136. The summed E-state index contributed by atoms with van der Waals surface area (Å²) in [6.45, 7) is 3.59. The Kier molecular flexibility index (Phi) is 5.61. The number of carbonyl (C=O) groups excluding carboxylic acids is 1. The zero-order valence-corrected chi connectivity index (χ0v) is 17.1. The highest BCUT2D eigenvalue weighted by atomic mass is 32.2. The van der Waals surface area contributed by atoms with Gasteiger partial charge in [-0.3, -0.25) is 4.79 Å². The lowest BCUT2D eigenvalue weighted by molar-refractivity contribution is 0.102. The molecule has 0 saturated carbocycles. The van der Waals surface area contributed by atoms with Crippen molar-refractivity contribution < 1.29 is 23.1 Å². The number of hydrogen-bond acceptors (Lipinski definition) is 5. The lowest BCUT2D eigenvalue weighted by Crippen LogP contribution is -2.13. The van der Waals surface area contributed by atoms with Gasteiger partial charge in [-0.2, -0.15) is 0 Å². The first-order valence-corrected chi connectivity index (χ1v) is 10.3. The van der Waals surface area contributed by atoms with E-state index < -0.39 is 9.84 Å². The fourth-order valence-corrected chi connectivity index (χ4v) is 4.16. The molecule has 0 aliphatic heterocycles. The van der Waals surface area contributed by atoms with Gasteiger partial charge in [0.15, 0.2) is 0 Å². The molecule has 3 aromatic carbocycles. The zero-order valence-electron chi connectivity index (χ0n) is 16.3. The Balaban J connectivity index is 1.98. The monoisotopic (exact) mass is 411 g/mol. The molecule has 0 heterocycles. The second kappa shape index (κ2) is 7.97. The first kappa shape index (κ1) is 20.4. The molecule has 0 saturated heterocycles. The summed E-state index contributed by atoms with van der Waals surface area (Å²) in [5, 5.41) is 13.0. The third kappa shape index (κ3) is 4.25. The highest BCUT2D eigenvalue weighted by Gasteiger charge is 2.23. The average Bonchev–Trinajstić information content (AvgIpc) is 2.70. The number of rotatable bonds is 5. The summed E-state index contributed by atoms with van der Waals surface area (Å²) in [5.74, 6) is -0.235. The summed E-state index contributed by atoms with van der Waals surface area (Å²) in [6.07, 6.45) is 0. The molecule has 7 heteroatoms. The molecule has 0 radical (unpaired) electrons. The number of hydrogen-bond donors (Lipinski definition) is 2. The van der Waals surface area contributed by atoms with Crippen molar-refractivity contribution in [3.05, 3.63) is 77.4 Å². The number of ether oxygens (including phenoxy) is 1. The van der Waals surface area contributed by atoms with Crippen molar-refractivity contribution >= 4 is 21.4 Å². The third-order valence-electron chi connectivity index (χ3n) is 4.53. The molecule has 2 N–H and O–H groups in total. The number of benzene rings is 3. The number of amides is 1. The van der Waals surface area contributed by atoms with Gasteiger partial charge in [0.2, 0.25) is 9.84 Å². The van der Waals surface area contributed by atoms with Crippen LogP contribution in [-0.2, 0) is 9.84 Å². The Hall–Kier alpha value is -3.32. The number of aromatic hydroxyl groups is 1. The van der Waals surface area contributed by atoms with E-state index in [9.17, 15) is 18.3 Å². The van der Waals surface area contributed by atoms with E-state index in [1.54, 1.807) is 19.1 Å². The molecule has 0 aromatic heterocycles. The molecule has 3 rings (SSSR count). The van der Waals surface area contributed by atoms with Crippen molar-refractivity contribution in [3.63, 3.8) is 0 Å². The van der Waals surface area contributed by atoms with Crippen LogP contribution in [0.25, 0.3) is 0 Å². The van der Waals surface area contributed by atoms with Gasteiger partial charge in [0, 0.05) is 11.3 Å². The van der Waals surface area contributed by atoms with Gasteiger partial charge in [-0.15, -0.1) is 0 Å². The van der Waals surface area contributed by atoms with E-state index in [1.165, 1.54) is 43.5 Å². The van der Waals surface area contributed by atoms with Gasteiger partial charge in [0.05, 0.1) is 12.0 Å². The van der Waals surface area contributed by atoms with Gasteiger partial charge in [0.25, 0.3) is 5.91 Å². The van der Waals surface area contributed by atoms with Crippen molar-refractivity contribution in [2.45, 2.75) is 23.6 Å². The Morgan fingerprint density at radius 3 is 2.17 bits per heavy atom. The Labute approximate surface area is 169 Å². The standard InChI is InChI=1S/C22H21NO5S/c1-14-4-6-16(7-5-14)22(25)23-19-13-21(20(24)12-15(19)2)29(26,27)18-10-8-17(28-3)9-11-18/h4-13,24H,1-3H3,(H,23,25). The maximum atomic E-state index is 13.0. The molecule has 6 nitrogen and oxygen atoms in total. The first-order valence-electron chi connectivity index (χ1n) is 8.83. The summed E-state index contributed by atoms with van der Waals surface area (Å²) < 4.78 is 31.0. The van der Waals surface area contributed by atoms with Crippen molar-refractivity contribution in [2.24, 2.45) is 0 Å². The van der Waals surface area contributed by atoms with Crippen LogP contribution in [0, 0.1) is 13.8 Å². The third-order valence-corrected chi connectivity index (χ3v) is 6.33. The summed E-state index contributed by atoms with van der Waals surface area (Å²) in [7, 11) is -2.51. The summed E-state index contributed by atoms with van der Waals surface area (Å²) in [5.41, 5.74) is 2.31. The number of anilines is 1. The van der Waals surface area contributed by atoms with E-state index >= 15 is 0 Å². The van der Waals surface area contributed by atoms with E-state index in [1.807, 2.05) is 19.1 Å². The minimum atomic E-state index is -4.00. The van der Waals surface area contributed by atoms with Gasteiger partial charge in [-0.1, -0.05) is 17.7 Å². The van der Waals surface area contributed by atoms with E-state index in [0.717, 1.165) is 5.56 Å². The first-order chi connectivity index (χ1) is 13.7. The molecule has 0 unspecified atom stereocenters. The van der Waals surface area contributed by atoms with Crippen LogP contribution in [0.5, 0.6) is 11.5 Å². The molecule has 0 fully saturated rings. The summed E-state index contributed by atoms with van der Waals surface area (Å²) >= 11 is 0. The molecule has 0 aliphatic carbocycles. The van der Waals surface area contributed by atoms with Gasteiger partial charge >= 0.3 is 0 Å². The van der Waals surface area contributed by atoms with E-state index in [-0.39, 0.29) is 21.4 Å². The molecule has 1 amide bonds. The lowest BCUT2D eigenvalue weighted by Gasteiger charge is -2.13. The molecule has 0 atom stereocenters. The van der Waals surface area contributed by atoms with E-state index in [2.05, 4.69) is 5.32 Å². The minimum absolute atomic E-state index is 0.00765.